The van der Waals surface area contributed by atoms with Gasteiger partial charge in [-0.15, -0.1) is 11.3 Å². The zero-order valence-corrected chi connectivity index (χ0v) is 13.0. The number of hydrogen-bond acceptors (Lipinski definition) is 5. The van der Waals surface area contributed by atoms with E-state index in [1.165, 1.54) is 16.7 Å². The summed E-state index contributed by atoms with van der Waals surface area (Å²) in [7, 11) is 3.99. The molecule has 0 aliphatic carbocycles. The highest BCUT2D eigenvalue weighted by Crippen LogP contribution is 2.18. The van der Waals surface area contributed by atoms with Crippen LogP contribution in [0.2, 0.25) is 0 Å². The van der Waals surface area contributed by atoms with Crippen LogP contribution in [0.15, 0.2) is 5.38 Å². The van der Waals surface area contributed by atoms with Crippen LogP contribution in [0.3, 0.4) is 0 Å². The maximum atomic E-state index is 12.2. The average Bonchev–Trinajstić information content (AvgIpc) is 3.04. The smallest absolute Gasteiger partial charge is 0.355 e. The van der Waals surface area contributed by atoms with Gasteiger partial charge < -0.3 is 20.2 Å². The van der Waals surface area contributed by atoms with Crippen molar-refractivity contribution in [3.8, 4) is 0 Å². The first-order valence-electron chi connectivity index (χ1n) is 6.84. The SMILES string of the molecule is CN(C)CC1CCCN1C(=O)NCc1nc(C(=O)O)cs1. The Morgan fingerprint density at radius 1 is 1.57 bits per heavy atom. The van der Waals surface area contributed by atoms with Crippen LogP contribution in [0.1, 0.15) is 28.3 Å². The summed E-state index contributed by atoms with van der Waals surface area (Å²) in [5.41, 5.74) is 0.0240. The Kier molecular flexibility index (Phi) is 5.13. The summed E-state index contributed by atoms with van der Waals surface area (Å²) in [6, 6.07) is 0.136. The number of hydrogen-bond donors (Lipinski definition) is 2. The molecule has 2 heterocycles. The molecule has 1 aromatic rings. The van der Waals surface area contributed by atoms with Gasteiger partial charge in [-0.1, -0.05) is 0 Å². The Hall–Kier alpha value is -1.67. The number of likely N-dealkylation sites (N-methyl/N-ethyl adjacent to an activating group) is 1. The predicted octanol–water partition coefficient (Wildman–Crippen LogP) is 1.08. The first kappa shape index (κ1) is 15.7. The highest BCUT2D eigenvalue weighted by molar-refractivity contribution is 7.09. The van der Waals surface area contributed by atoms with E-state index in [1.54, 1.807) is 0 Å². The Morgan fingerprint density at radius 3 is 2.95 bits per heavy atom. The standard InChI is InChI=1S/C13H20N4O3S/c1-16(2)7-9-4-3-5-17(9)13(20)14-6-11-15-10(8-21-11)12(18)19/h8-9H,3-7H2,1-2H3,(H,14,20)(H,18,19). The van der Waals surface area contributed by atoms with Gasteiger partial charge in [0.2, 0.25) is 0 Å². The van der Waals surface area contributed by atoms with Gasteiger partial charge in [0.1, 0.15) is 5.01 Å². The van der Waals surface area contributed by atoms with Gasteiger partial charge in [0.15, 0.2) is 5.69 Å². The molecule has 0 aromatic carbocycles. The number of nitrogens with zero attached hydrogens (tertiary/aromatic N) is 3. The number of carboxylic acid groups (broad SMARTS) is 1. The van der Waals surface area contributed by atoms with Crippen molar-refractivity contribution >= 4 is 23.3 Å². The molecular weight excluding hydrogens is 292 g/mol. The first-order valence-corrected chi connectivity index (χ1v) is 7.72. The number of aromatic nitrogens is 1. The number of amides is 2. The lowest BCUT2D eigenvalue weighted by Gasteiger charge is -2.27. The third kappa shape index (κ3) is 4.15. The van der Waals surface area contributed by atoms with Crippen LogP contribution in [-0.2, 0) is 6.54 Å². The summed E-state index contributed by atoms with van der Waals surface area (Å²) in [6.45, 7) is 1.89. The third-order valence-corrected chi connectivity index (χ3v) is 4.22. The Bertz CT molecular complexity index is 517. The molecule has 116 valence electrons. The van der Waals surface area contributed by atoms with Crippen molar-refractivity contribution < 1.29 is 14.7 Å². The first-order chi connectivity index (χ1) is 9.97. The van der Waals surface area contributed by atoms with Gasteiger partial charge in [-0.05, 0) is 26.9 Å². The van der Waals surface area contributed by atoms with Crippen molar-refractivity contribution in [2.75, 3.05) is 27.2 Å². The van der Waals surface area contributed by atoms with E-state index in [4.69, 9.17) is 5.11 Å². The lowest BCUT2D eigenvalue weighted by Crippen LogP contribution is -2.46. The minimum Gasteiger partial charge on any atom is -0.476 e. The van der Waals surface area contributed by atoms with Crippen LogP contribution in [0.4, 0.5) is 4.79 Å². The third-order valence-electron chi connectivity index (χ3n) is 3.38. The van der Waals surface area contributed by atoms with Crippen LogP contribution in [0, 0.1) is 0 Å². The number of nitrogens with one attached hydrogen (secondary N) is 1. The van der Waals surface area contributed by atoms with Crippen molar-refractivity contribution in [3.63, 3.8) is 0 Å². The Balaban J connectivity index is 1.87. The molecule has 2 N–H and O–H groups in total. The van der Waals surface area contributed by atoms with E-state index in [9.17, 15) is 9.59 Å². The second kappa shape index (κ2) is 6.86. The normalized spacial score (nSPS) is 18.2. The van der Waals surface area contributed by atoms with E-state index in [0.29, 0.717) is 5.01 Å². The van der Waals surface area contributed by atoms with Gasteiger partial charge in [-0.3, -0.25) is 0 Å². The second-order valence-corrected chi connectivity index (χ2v) is 6.28. The van der Waals surface area contributed by atoms with Crippen LogP contribution >= 0.6 is 11.3 Å². The molecule has 0 bridgehead atoms. The summed E-state index contributed by atoms with van der Waals surface area (Å²) in [6.07, 6.45) is 2.04. The molecule has 1 aromatic heterocycles. The van der Waals surface area contributed by atoms with Crippen LogP contribution in [-0.4, -0.2) is 65.1 Å². The molecule has 8 heteroatoms. The molecule has 0 spiro atoms. The minimum absolute atomic E-state index is 0.0240. The second-order valence-electron chi connectivity index (χ2n) is 5.34. The van der Waals surface area contributed by atoms with Gasteiger partial charge in [0.05, 0.1) is 6.54 Å². The number of aromatic carboxylic acids is 1. The van der Waals surface area contributed by atoms with E-state index in [-0.39, 0.29) is 24.3 Å². The molecule has 1 aliphatic heterocycles. The summed E-state index contributed by atoms with van der Waals surface area (Å²) in [4.78, 5) is 30.8. The summed E-state index contributed by atoms with van der Waals surface area (Å²) < 4.78 is 0. The molecule has 1 atom stereocenters. The summed E-state index contributed by atoms with van der Waals surface area (Å²) >= 11 is 1.24. The van der Waals surface area contributed by atoms with Gasteiger partial charge in [-0.25, -0.2) is 14.6 Å². The fourth-order valence-corrected chi connectivity index (χ4v) is 3.17. The predicted molar refractivity (Wildman–Crippen MR) is 79.6 cm³/mol. The highest BCUT2D eigenvalue weighted by Gasteiger charge is 2.28. The molecule has 0 radical (unpaired) electrons. The van der Waals surface area contributed by atoms with Gasteiger partial charge in [-0.2, -0.15) is 0 Å². The number of likely N-dealkylation sites (tertiary alicyclic amines) is 1. The number of urea groups is 1. The van der Waals surface area contributed by atoms with Crippen molar-refractivity contribution in [2.24, 2.45) is 0 Å². The Labute approximate surface area is 127 Å². The van der Waals surface area contributed by atoms with E-state index in [2.05, 4.69) is 15.2 Å². The molecule has 1 saturated heterocycles. The Morgan fingerprint density at radius 2 is 2.33 bits per heavy atom. The zero-order chi connectivity index (χ0) is 15.4. The summed E-state index contributed by atoms with van der Waals surface area (Å²) in [5.74, 6) is -1.05. The monoisotopic (exact) mass is 312 g/mol. The number of carbonyl (C=O) groups is 2. The average molecular weight is 312 g/mol. The van der Waals surface area contributed by atoms with Crippen molar-refractivity contribution in [2.45, 2.75) is 25.4 Å². The quantitative estimate of drug-likeness (QED) is 0.849. The maximum absolute atomic E-state index is 12.2. The van der Waals surface area contributed by atoms with E-state index >= 15 is 0 Å². The molecule has 21 heavy (non-hydrogen) atoms. The fourth-order valence-electron chi connectivity index (χ4n) is 2.46. The van der Waals surface area contributed by atoms with Gasteiger partial charge >= 0.3 is 12.0 Å². The number of carbonyl (C=O) groups excluding carboxylic acids is 1. The van der Waals surface area contributed by atoms with E-state index in [1.807, 2.05) is 19.0 Å². The van der Waals surface area contributed by atoms with E-state index < -0.39 is 5.97 Å². The van der Waals surface area contributed by atoms with Crippen LogP contribution in [0.25, 0.3) is 0 Å². The largest absolute Gasteiger partial charge is 0.476 e. The fraction of sp³-hybridized carbons (Fsp3) is 0.615. The lowest BCUT2D eigenvalue weighted by atomic mass is 10.2. The number of carboxylic acids is 1. The lowest BCUT2D eigenvalue weighted by molar-refractivity contribution is 0.0691. The molecule has 1 aliphatic rings. The zero-order valence-electron chi connectivity index (χ0n) is 12.2. The molecule has 2 rings (SSSR count). The maximum Gasteiger partial charge on any atom is 0.355 e. The van der Waals surface area contributed by atoms with Crippen molar-refractivity contribution in [1.29, 1.82) is 0 Å². The number of thiazole rings is 1. The van der Waals surface area contributed by atoms with Crippen molar-refractivity contribution in [3.05, 3.63) is 16.1 Å². The molecule has 1 fully saturated rings. The molecule has 2 amide bonds. The summed E-state index contributed by atoms with van der Waals surface area (Å²) in [5, 5.41) is 13.7. The minimum atomic E-state index is -1.05. The molecule has 1 unspecified atom stereocenters. The van der Waals surface area contributed by atoms with E-state index in [0.717, 1.165) is 25.9 Å². The van der Waals surface area contributed by atoms with Gasteiger partial charge in [0, 0.05) is 24.5 Å². The topological polar surface area (TPSA) is 85.8 Å². The highest BCUT2D eigenvalue weighted by atomic mass is 32.1. The van der Waals surface area contributed by atoms with Crippen molar-refractivity contribution in [1.82, 2.24) is 20.1 Å². The van der Waals surface area contributed by atoms with Gasteiger partial charge in [0.25, 0.3) is 0 Å². The number of rotatable bonds is 5. The van der Waals surface area contributed by atoms with Crippen LogP contribution < -0.4 is 5.32 Å². The molecular formula is C13H20N4O3S. The van der Waals surface area contributed by atoms with Crippen LogP contribution in [0.5, 0.6) is 0 Å². The molecule has 0 saturated carbocycles. The molecule has 7 nitrogen and oxygen atoms in total.